The molecule has 0 aliphatic heterocycles. The summed E-state index contributed by atoms with van der Waals surface area (Å²) in [6.45, 7) is 1.79. The molecule has 1 unspecified atom stereocenters. The van der Waals surface area contributed by atoms with E-state index >= 15 is 0 Å². The summed E-state index contributed by atoms with van der Waals surface area (Å²) >= 11 is 3.23. The van der Waals surface area contributed by atoms with E-state index in [9.17, 15) is 4.79 Å². The first-order valence-electron chi connectivity index (χ1n) is 4.46. The first kappa shape index (κ1) is 11.9. The van der Waals surface area contributed by atoms with Gasteiger partial charge < -0.3 is 10.2 Å². The van der Waals surface area contributed by atoms with Gasteiger partial charge in [0.2, 0.25) is 5.91 Å². The Balaban J connectivity index is 2.66. The maximum absolute atomic E-state index is 11.5. The summed E-state index contributed by atoms with van der Waals surface area (Å²) in [5.41, 5.74) is 0. The van der Waals surface area contributed by atoms with Gasteiger partial charge in [-0.1, -0.05) is 0 Å². The van der Waals surface area contributed by atoms with Gasteiger partial charge in [-0.3, -0.25) is 4.79 Å². The SMILES string of the molecule is CC(Nc1cc(Br)ncn1)C(=O)N(C)C. The molecule has 0 fully saturated rings. The maximum Gasteiger partial charge on any atom is 0.244 e. The summed E-state index contributed by atoms with van der Waals surface area (Å²) in [6.07, 6.45) is 1.43. The third-order valence-corrected chi connectivity index (χ3v) is 2.24. The zero-order chi connectivity index (χ0) is 11.4. The molecule has 1 amide bonds. The molecule has 1 rings (SSSR count). The van der Waals surface area contributed by atoms with Gasteiger partial charge in [-0.2, -0.15) is 0 Å². The van der Waals surface area contributed by atoms with Crippen molar-refractivity contribution in [1.29, 1.82) is 0 Å². The van der Waals surface area contributed by atoms with E-state index < -0.39 is 0 Å². The van der Waals surface area contributed by atoms with Crippen molar-refractivity contribution in [2.24, 2.45) is 0 Å². The molecule has 0 saturated carbocycles. The highest BCUT2D eigenvalue weighted by atomic mass is 79.9. The van der Waals surface area contributed by atoms with E-state index in [2.05, 4.69) is 31.2 Å². The number of hydrogen-bond donors (Lipinski definition) is 1. The van der Waals surface area contributed by atoms with Crippen LogP contribution in [0, 0.1) is 0 Å². The van der Waals surface area contributed by atoms with Crippen molar-refractivity contribution in [2.75, 3.05) is 19.4 Å². The minimum Gasteiger partial charge on any atom is -0.358 e. The van der Waals surface area contributed by atoms with Crippen molar-refractivity contribution in [2.45, 2.75) is 13.0 Å². The molecule has 82 valence electrons. The van der Waals surface area contributed by atoms with Gasteiger partial charge in [0.25, 0.3) is 0 Å². The Morgan fingerprint density at radius 1 is 1.53 bits per heavy atom. The van der Waals surface area contributed by atoms with Crippen LogP contribution in [0.2, 0.25) is 0 Å². The number of halogens is 1. The Morgan fingerprint density at radius 3 is 2.73 bits per heavy atom. The van der Waals surface area contributed by atoms with Crippen molar-refractivity contribution in [3.63, 3.8) is 0 Å². The van der Waals surface area contributed by atoms with Crippen LogP contribution in [-0.4, -0.2) is 40.9 Å². The van der Waals surface area contributed by atoms with Gasteiger partial charge >= 0.3 is 0 Å². The van der Waals surface area contributed by atoms with E-state index in [1.165, 1.54) is 11.2 Å². The van der Waals surface area contributed by atoms with E-state index in [4.69, 9.17) is 0 Å². The van der Waals surface area contributed by atoms with Crippen LogP contribution in [-0.2, 0) is 4.79 Å². The Kier molecular flexibility index (Phi) is 4.02. The molecule has 0 aromatic carbocycles. The monoisotopic (exact) mass is 272 g/mol. The summed E-state index contributed by atoms with van der Waals surface area (Å²) in [7, 11) is 3.44. The molecule has 0 radical (unpaired) electrons. The number of nitrogens with one attached hydrogen (secondary N) is 1. The van der Waals surface area contributed by atoms with E-state index in [1.807, 2.05) is 0 Å². The second-order valence-corrected chi connectivity index (χ2v) is 4.14. The second kappa shape index (κ2) is 5.06. The van der Waals surface area contributed by atoms with Gasteiger partial charge in [0.05, 0.1) is 0 Å². The Hall–Kier alpha value is -1.17. The lowest BCUT2D eigenvalue weighted by Gasteiger charge is -2.18. The number of rotatable bonds is 3. The van der Waals surface area contributed by atoms with Gasteiger partial charge in [0.15, 0.2) is 0 Å². The Labute approximate surface area is 97.0 Å². The molecule has 6 heteroatoms. The second-order valence-electron chi connectivity index (χ2n) is 3.32. The molecule has 1 heterocycles. The lowest BCUT2D eigenvalue weighted by Crippen LogP contribution is -2.36. The number of nitrogens with zero attached hydrogens (tertiary/aromatic N) is 3. The number of likely N-dealkylation sites (N-methyl/N-ethyl adjacent to an activating group) is 1. The molecule has 5 nitrogen and oxygen atoms in total. The number of amides is 1. The normalized spacial score (nSPS) is 12.0. The minimum atomic E-state index is -0.304. The van der Waals surface area contributed by atoms with Gasteiger partial charge in [-0.05, 0) is 22.9 Å². The predicted molar refractivity (Wildman–Crippen MR) is 61.5 cm³/mol. The average molecular weight is 273 g/mol. The van der Waals surface area contributed by atoms with Crippen LogP contribution >= 0.6 is 15.9 Å². The third-order valence-electron chi connectivity index (χ3n) is 1.81. The molecule has 0 aliphatic rings. The highest BCUT2D eigenvalue weighted by Crippen LogP contribution is 2.10. The minimum absolute atomic E-state index is 0.00438. The largest absolute Gasteiger partial charge is 0.358 e. The van der Waals surface area contributed by atoms with Crippen LogP contribution < -0.4 is 5.32 Å². The first-order chi connectivity index (χ1) is 7.00. The van der Waals surface area contributed by atoms with Crippen LogP contribution in [0.3, 0.4) is 0 Å². The van der Waals surface area contributed by atoms with Gasteiger partial charge in [-0.25, -0.2) is 9.97 Å². The Morgan fingerprint density at radius 2 is 2.20 bits per heavy atom. The standard InChI is InChI=1S/C9H13BrN4O/c1-6(9(15)14(2)3)13-8-4-7(10)11-5-12-8/h4-6H,1-3H3,(H,11,12,13). The van der Waals surface area contributed by atoms with Crippen molar-refractivity contribution in [1.82, 2.24) is 14.9 Å². The zero-order valence-electron chi connectivity index (χ0n) is 8.86. The van der Waals surface area contributed by atoms with Crippen molar-refractivity contribution in [3.8, 4) is 0 Å². The average Bonchev–Trinajstić information content (AvgIpc) is 2.16. The van der Waals surface area contributed by atoms with Crippen LogP contribution in [0.4, 0.5) is 5.82 Å². The molecule has 0 aliphatic carbocycles. The molecule has 0 bridgehead atoms. The fourth-order valence-corrected chi connectivity index (χ4v) is 1.39. The van der Waals surface area contributed by atoms with E-state index in [1.54, 1.807) is 27.1 Å². The predicted octanol–water partition coefficient (Wildman–Crippen LogP) is 1.13. The highest BCUT2D eigenvalue weighted by molar-refractivity contribution is 9.10. The molecular weight excluding hydrogens is 260 g/mol. The smallest absolute Gasteiger partial charge is 0.244 e. The molecule has 0 spiro atoms. The molecule has 1 N–H and O–H groups in total. The molecule has 1 aromatic heterocycles. The summed E-state index contributed by atoms with van der Waals surface area (Å²) < 4.78 is 0.685. The van der Waals surface area contributed by atoms with Crippen molar-refractivity contribution >= 4 is 27.7 Å². The molecule has 1 atom stereocenters. The number of aromatic nitrogens is 2. The number of hydrogen-bond acceptors (Lipinski definition) is 4. The van der Waals surface area contributed by atoms with Crippen molar-refractivity contribution in [3.05, 3.63) is 17.0 Å². The van der Waals surface area contributed by atoms with Crippen LogP contribution in [0.1, 0.15) is 6.92 Å². The van der Waals surface area contributed by atoms with Gasteiger partial charge in [-0.15, -0.1) is 0 Å². The van der Waals surface area contributed by atoms with Gasteiger partial charge in [0.1, 0.15) is 22.8 Å². The van der Waals surface area contributed by atoms with E-state index in [0.717, 1.165) is 0 Å². The summed E-state index contributed by atoms with van der Waals surface area (Å²) in [4.78, 5) is 21.0. The molecule has 1 aromatic rings. The third kappa shape index (κ3) is 3.47. The van der Waals surface area contributed by atoms with Crippen LogP contribution in [0.25, 0.3) is 0 Å². The topological polar surface area (TPSA) is 58.1 Å². The Bertz CT molecular complexity index is 356. The van der Waals surface area contributed by atoms with Crippen molar-refractivity contribution < 1.29 is 4.79 Å². The fourth-order valence-electron chi connectivity index (χ4n) is 1.08. The lowest BCUT2D eigenvalue weighted by molar-refractivity contribution is -0.129. The number of anilines is 1. The van der Waals surface area contributed by atoms with Crippen LogP contribution in [0.5, 0.6) is 0 Å². The first-order valence-corrected chi connectivity index (χ1v) is 5.25. The summed E-state index contributed by atoms with van der Waals surface area (Å²) in [5, 5.41) is 2.99. The van der Waals surface area contributed by atoms with Gasteiger partial charge in [0, 0.05) is 20.2 Å². The number of carbonyl (C=O) groups is 1. The summed E-state index contributed by atoms with van der Waals surface area (Å²) in [5.74, 6) is 0.629. The highest BCUT2D eigenvalue weighted by Gasteiger charge is 2.14. The molecule has 0 saturated heterocycles. The van der Waals surface area contributed by atoms with E-state index in [0.29, 0.717) is 10.4 Å². The van der Waals surface area contributed by atoms with Crippen LogP contribution in [0.15, 0.2) is 17.0 Å². The number of carbonyl (C=O) groups excluding carboxylic acids is 1. The summed E-state index contributed by atoms with van der Waals surface area (Å²) in [6, 6.07) is 1.42. The van der Waals surface area contributed by atoms with E-state index in [-0.39, 0.29) is 11.9 Å². The molecular formula is C9H13BrN4O. The maximum atomic E-state index is 11.5. The lowest BCUT2D eigenvalue weighted by atomic mass is 10.3. The zero-order valence-corrected chi connectivity index (χ0v) is 10.4. The fraction of sp³-hybridized carbons (Fsp3) is 0.444. The quantitative estimate of drug-likeness (QED) is 0.839. The molecule has 15 heavy (non-hydrogen) atoms.